The third-order valence-electron chi connectivity index (χ3n) is 25.0. The van der Waals surface area contributed by atoms with Gasteiger partial charge in [-0.05, 0) is 133 Å². The van der Waals surface area contributed by atoms with Gasteiger partial charge in [0, 0.05) is 181 Å². The molecule has 0 aromatic carbocycles. The number of pyridine rings is 6. The standard InChI is InChI=1S/C24H28FN5O2S.C24H29N5O3S.C22H27N7O3S.C21H25N7O3S/c1-12-3-5-15-21(27)22(33-24(15)28-12)19(31)8-13-4-6-18-14(7-13)9-16(25)23(29-18)30-10-17(26)20(11-30)32-2;1-3-31-20-11-29(10-17(20)25)21-8-19-15(9-27-21)6-14(12-32-19)7-18(30)23-22(26)16-5-4-13(2)28-24(16)33-23;1-3-31-15-9-29(8-14(15)23)16-5-4-12-6-13(10-32-21(12)28-16)27-20(30)19-17(24)18-22(33-19)26-11(2)7-25-18;1-10-6-24-17-16(23)18(32-21(17)25-10)19(29)26-12-5-11-3-4-15(27-20(11)31-9-12)28-7-13(22)14(8-28)30-2/h3,5,9,13,17,20H,4,6-8,10-11,26-27H2,1-2H3;4-5,8-9,14,17,20H,3,6-7,10-12,25-26H2,1-2H3;4-5,7,13-15H,3,6,8-10,23-24H2,1-2H3,(H,27,30);3-4,6,12-14H,5,7-9,22-23H2,1-2H3,(H,26,29)/t13-,17-,20-;14-,17-,20-;13-,14+,15+;12-,13+,14+/m0011/s1. The molecule has 131 heavy (non-hydrogen) atoms. The second-order valence-electron chi connectivity index (χ2n) is 34.6. The zero-order valence-corrected chi connectivity index (χ0v) is 77.4. The van der Waals surface area contributed by atoms with Crippen molar-refractivity contribution >= 4 is 156 Å². The number of ether oxygens (including phenoxy) is 7. The summed E-state index contributed by atoms with van der Waals surface area (Å²) in [6.07, 6.45) is 9.98. The molecule has 1 aliphatic carbocycles. The van der Waals surface area contributed by atoms with E-state index in [1.54, 1.807) is 32.7 Å². The molecule has 690 valence electrons. The summed E-state index contributed by atoms with van der Waals surface area (Å²) in [5.74, 6) is 4.30. The average molecular weight is 1860 g/mol. The molecule has 0 unspecified atom stereocenters. The summed E-state index contributed by atoms with van der Waals surface area (Å²) < 4.78 is 55.1. The van der Waals surface area contributed by atoms with Crippen molar-refractivity contribution in [1.29, 1.82) is 0 Å². The van der Waals surface area contributed by atoms with Crippen molar-refractivity contribution < 1.29 is 56.7 Å². The number of nitrogens with two attached hydrogens (primary N) is 8. The first-order valence-corrected chi connectivity index (χ1v) is 47.3. The van der Waals surface area contributed by atoms with E-state index >= 15 is 0 Å². The molecule has 35 nitrogen and oxygen atoms in total. The van der Waals surface area contributed by atoms with Crippen LogP contribution in [-0.4, -0.2) is 233 Å². The number of halogens is 1. The minimum atomic E-state index is -0.347. The molecule has 0 spiro atoms. The molecule has 12 aromatic heterocycles. The van der Waals surface area contributed by atoms with E-state index < -0.39 is 0 Å². The van der Waals surface area contributed by atoms with Gasteiger partial charge in [0.1, 0.15) is 76.5 Å². The third-order valence-corrected chi connectivity index (χ3v) is 29.4. The van der Waals surface area contributed by atoms with Crippen molar-refractivity contribution in [2.75, 3.05) is 142 Å². The van der Waals surface area contributed by atoms with E-state index in [-0.39, 0.29) is 102 Å². The molecule has 2 amide bonds. The van der Waals surface area contributed by atoms with Crippen LogP contribution >= 0.6 is 45.3 Å². The Balaban J connectivity index is 0.000000122. The van der Waals surface area contributed by atoms with Crippen molar-refractivity contribution in [3.8, 4) is 17.5 Å². The predicted octanol–water partition coefficient (Wildman–Crippen LogP) is 8.36. The fourth-order valence-electron chi connectivity index (χ4n) is 18.0. The fraction of sp³-hybridized carbons (Fsp3) is 0.451. The average Bonchev–Trinajstić information content (AvgIpc) is 1.71. The zero-order valence-electron chi connectivity index (χ0n) is 74.2. The molecule has 4 fully saturated rings. The smallest absolute Gasteiger partial charge is 0.263 e. The molecule has 0 saturated carbocycles. The number of ketones is 2. The third kappa shape index (κ3) is 19.8. The van der Waals surface area contributed by atoms with Gasteiger partial charge < -0.3 is 109 Å². The molecular weight excluding hydrogens is 1750 g/mol. The van der Waals surface area contributed by atoms with Gasteiger partial charge in [-0.3, -0.25) is 19.2 Å². The topological polar surface area (TPSA) is 507 Å². The van der Waals surface area contributed by atoms with Crippen LogP contribution in [0.1, 0.15) is 123 Å². The molecule has 20 rings (SSSR count). The molecular formula is C91H109FN24O11S4. The van der Waals surface area contributed by atoms with Gasteiger partial charge in [-0.25, -0.2) is 44.3 Å². The van der Waals surface area contributed by atoms with Crippen molar-refractivity contribution in [1.82, 2.24) is 60.5 Å². The number of rotatable bonds is 20. The van der Waals surface area contributed by atoms with Crippen LogP contribution in [-0.2, 0) is 51.1 Å². The normalized spacial score (nSPS) is 22.5. The van der Waals surface area contributed by atoms with Crippen LogP contribution in [0.15, 0.2) is 79.3 Å². The predicted molar refractivity (Wildman–Crippen MR) is 508 cm³/mol. The summed E-state index contributed by atoms with van der Waals surface area (Å²) in [7, 11) is 3.29. The van der Waals surface area contributed by atoms with Crippen LogP contribution in [0.3, 0.4) is 0 Å². The molecule has 7 aliphatic heterocycles. The number of amides is 2. The van der Waals surface area contributed by atoms with Crippen LogP contribution in [0, 0.1) is 45.3 Å². The Morgan fingerprint density at radius 1 is 0.458 bits per heavy atom. The van der Waals surface area contributed by atoms with E-state index in [1.165, 1.54) is 45.3 Å². The number of nitrogens with zero attached hydrogens (tertiary/aromatic N) is 14. The fourth-order valence-corrected chi connectivity index (χ4v) is 22.2. The number of hydrogen-bond donors (Lipinski definition) is 10. The number of anilines is 8. The van der Waals surface area contributed by atoms with Gasteiger partial charge in [0.15, 0.2) is 23.2 Å². The van der Waals surface area contributed by atoms with Gasteiger partial charge in [0.25, 0.3) is 11.8 Å². The van der Waals surface area contributed by atoms with Crippen LogP contribution in [0.25, 0.3) is 41.1 Å². The number of nitrogens with one attached hydrogen (secondary N) is 2. The number of methoxy groups -OCH3 is 2. The van der Waals surface area contributed by atoms with Gasteiger partial charge in [-0.15, -0.1) is 45.3 Å². The quantitative estimate of drug-likeness (QED) is 0.0320. The van der Waals surface area contributed by atoms with E-state index in [0.29, 0.717) is 191 Å². The first-order chi connectivity index (χ1) is 63.1. The molecule has 0 bridgehead atoms. The van der Waals surface area contributed by atoms with E-state index in [4.69, 9.17) is 84.0 Å². The lowest BCUT2D eigenvalue weighted by molar-refractivity contribution is 0.0679. The summed E-state index contributed by atoms with van der Waals surface area (Å²) in [5.41, 5.74) is 60.5. The lowest BCUT2D eigenvalue weighted by Crippen LogP contribution is -2.43. The summed E-state index contributed by atoms with van der Waals surface area (Å²) >= 11 is 5.23. The van der Waals surface area contributed by atoms with Crippen molar-refractivity contribution in [3.63, 3.8) is 0 Å². The van der Waals surface area contributed by atoms with Gasteiger partial charge in [-0.2, -0.15) is 9.97 Å². The Hall–Kier alpha value is -11.4. The maximum Gasteiger partial charge on any atom is 0.263 e. The van der Waals surface area contributed by atoms with Gasteiger partial charge in [-0.1, -0.05) is 0 Å². The molecule has 18 N–H and O–H groups in total. The Morgan fingerprint density at radius 2 is 0.908 bits per heavy atom. The van der Waals surface area contributed by atoms with Gasteiger partial charge in [0.2, 0.25) is 11.8 Å². The number of fused-ring (bicyclic) bond motifs is 8. The highest BCUT2D eigenvalue weighted by molar-refractivity contribution is 7.22. The van der Waals surface area contributed by atoms with E-state index in [0.717, 1.165) is 120 Å². The summed E-state index contributed by atoms with van der Waals surface area (Å²) in [4.78, 5) is 110. The monoisotopic (exact) mass is 1860 g/mol. The first-order valence-electron chi connectivity index (χ1n) is 44.0. The van der Waals surface area contributed by atoms with Crippen LogP contribution in [0.5, 0.6) is 17.5 Å². The van der Waals surface area contributed by atoms with Gasteiger partial charge >= 0.3 is 0 Å². The van der Waals surface area contributed by atoms with Crippen LogP contribution in [0.4, 0.5) is 50.4 Å². The minimum Gasteiger partial charge on any atom is -0.493 e. The molecule has 12 aromatic rings. The number of aromatic nitrogens is 10. The van der Waals surface area contributed by atoms with Crippen LogP contribution in [0.2, 0.25) is 0 Å². The molecule has 19 heterocycles. The highest BCUT2D eigenvalue weighted by atomic mass is 32.1. The minimum absolute atomic E-state index is 0.00370. The lowest BCUT2D eigenvalue weighted by Gasteiger charge is -2.26. The van der Waals surface area contributed by atoms with Crippen LogP contribution < -0.4 is 90.3 Å². The summed E-state index contributed by atoms with van der Waals surface area (Å²) in [6, 6.07) is 18.5. The van der Waals surface area contributed by atoms with Gasteiger partial charge in [0.05, 0.1) is 111 Å². The van der Waals surface area contributed by atoms with Crippen molar-refractivity contribution in [2.24, 2.45) is 34.8 Å². The molecule has 4 saturated heterocycles. The lowest BCUT2D eigenvalue weighted by atomic mass is 9.83. The van der Waals surface area contributed by atoms with E-state index in [1.807, 2.05) is 107 Å². The number of nitrogen functional groups attached to an aromatic ring is 4. The Bertz CT molecular complexity index is 6110. The Morgan fingerprint density at radius 3 is 1.40 bits per heavy atom. The molecule has 40 heteroatoms. The van der Waals surface area contributed by atoms with Crippen molar-refractivity contribution in [3.05, 3.63) is 155 Å². The van der Waals surface area contributed by atoms with E-state index in [2.05, 4.69) is 70.2 Å². The highest BCUT2D eigenvalue weighted by Crippen LogP contribution is 2.42. The zero-order chi connectivity index (χ0) is 91.9. The number of carbonyl (C=O) groups is 4. The molecule has 8 aliphatic rings. The highest BCUT2D eigenvalue weighted by Gasteiger charge is 2.39. The summed E-state index contributed by atoms with van der Waals surface area (Å²) in [5, 5.41) is 7.73. The first kappa shape index (κ1) is 91.5. The maximum absolute atomic E-state index is 15.0. The second kappa shape index (κ2) is 39.2. The largest absolute Gasteiger partial charge is 0.493 e. The number of hydrogen-bond acceptors (Lipinski definition) is 37. The number of thiophene rings is 4. The number of aryl methyl sites for hydroxylation is 5. The summed E-state index contributed by atoms with van der Waals surface area (Å²) in [6.45, 7) is 19.2. The molecule has 0 radical (unpaired) electrons. The maximum atomic E-state index is 15.0. The molecule has 12 atom stereocenters. The van der Waals surface area contributed by atoms with Crippen molar-refractivity contribution in [2.45, 2.75) is 154 Å². The number of carbonyl (C=O) groups excluding carboxylic acids is 4. The Kier molecular flexibility index (Phi) is 27.4. The van der Waals surface area contributed by atoms with E-state index in [9.17, 15) is 23.6 Å². The number of Topliss-reactive ketones (excluding diaryl/α,β-unsaturated/α-hetero) is 2. The second-order valence-corrected chi connectivity index (χ2v) is 38.6. The Labute approximate surface area is 771 Å². The SMILES string of the molecule is CCO[C@H]1CN(c2cc3c(cn2)C[C@@H](CC(=O)c2sc4nc(C)ccc4c2N)CO3)C[C@@H]1N.CCO[C@H]1CN(c2ccc3c(n2)OC[C@H](NC(=O)c2sc4nc(C)cnc4c2N)C3)C[C@@H]1N.CO[C@H]1CN(c2ccc3c(n2)OC[C@H](NC(=O)c2sc4nc(C)cnc4c2N)C3)C[C@@H]1N.CO[C@H]1CN(c2nc3c(cc2F)C[C@@H](CC(=O)c2sc4nc(C)ccc4c2N)CC3)C[C@@H]1N.